The van der Waals surface area contributed by atoms with Crippen LogP contribution < -0.4 is 5.32 Å². The molecular weight excluding hydrogens is 564 g/mol. The lowest BCUT2D eigenvalue weighted by Crippen LogP contribution is -2.61. The van der Waals surface area contributed by atoms with E-state index in [-0.39, 0.29) is 42.7 Å². The van der Waals surface area contributed by atoms with Gasteiger partial charge in [0.1, 0.15) is 5.41 Å². The number of fused-ring (bicyclic) bond motifs is 2. The normalized spacial score (nSPS) is 23.3. The van der Waals surface area contributed by atoms with Gasteiger partial charge in [-0.15, -0.1) is 0 Å². The molecule has 2 aliphatic rings. The molecule has 0 unspecified atom stereocenters. The summed E-state index contributed by atoms with van der Waals surface area (Å²) in [5, 5.41) is 5.13. The van der Waals surface area contributed by atoms with Crippen molar-refractivity contribution in [1.29, 1.82) is 0 Å². The standard InChI is InChI=1S/C38H46N2O5/c1-26-38(36(43)44-5)24-30(22-34(41)39-21-12-11-16-27-14-7-6-8-15-27)35(42)40(32(38)23-33(45-26)37(2,3)4)25-29-19-13-18-28-17-9-10-20-31(28)29/h6-10,13-15,17-20,23,26,30,33H,11-12,16,21-22,24-25H2,1-5H3,(H,39,41)/t26-,30+,33-,38+/m1/s1. The number of methoxy groups -OCH3 is 1. The minimum absolute atomic E-state index is 0.00893. The topological polar surface area (TPSA) is 84.9 Å². The van der Waals surface area contributed by atoms with Gasteiger partial charge in [0.15, 0.2) is 0 Å². The summed E-state index contributed by atoms with van der Waals surface area (Å²) < 4.78 is 11.9. The van der Waals surface area contributed by atoms with E-state index in [1.807, 2.05) is 73.7 Å². The Morgan fingerprint density at radius 1 is 1.00 bits per heavy atom. The molecule has 2 aliphatic heterocycles. The van der Waals surface area contributed by atoms with E-state index in [2.05, 4.69) is 38.2 Å². The molecule has 3 aromatic rings. The van der Waals surface area contributed by atoms with Crippen molar-refractivity contribution in [2.24, 2.45) is 16.7 Å². The van der Waals surface area contributed by atoms with Gasteiger partial charge in [-0.25, -0.2) is 0 Å². The third kappa shape index (κ3) is 6.84. The zero-order valence-corrected chi connectivity index (χ0v) is 27.2. The molecule has 1 fully saturated rings. The summed E-state index contributed by atoms with van der Waals surface area (Å²) in [6.45, 7) is 8.94. The minimum atomic E-state index is -1.23. The highest BCUT2D eigenvalue weighted by Crippen LogP contribution is 2.52. The maximum Gasteiger partial charge on any atom is 0.320 e. The Kier molecular flexibility index (Phi) is 9.78. The number of benzene rings is 3. The fourth-order valence-electron chi connectivity index (χ4n) is 6.83. The fourth-order valence-corrected chi connectivity index (χ4v) is 6.83. The minimum Gasteiger partial charge on any atom is -0.468 e. The third-order valence-electron chi connectivity index (χ3n) is 9.39. The molecule has 45 heavy (non-hydrogen) atoms. The van der Waals surface area contributed by atoms with Gasteiger partial charge in [0, 0.05) is 24.6 Å². The highest BCUT2D eigenvalue weighted by molar-refractivity contribution is 5.93. The van der Waals surface area contributed by atoms with Crippen LogP contribution in [0.4, 0.5) is 0 Å². The van der Waals surface area contributed by atoms with Crippen LogP contribution >= 0.6 is 0 Å². The summed E-state index contributed by atoms with van der Waals surface area (Å²) in [5.41, 5.74) is 1.36. The van der Waals surface area contributed by atoms with Crippen molar-refractivity contribution in [2.75, 3.05) is 13.7 Å². The molecule has 0 bridgehead atoms. The molecule has 3 aromatic carbocycles. The van der Waals surface area contributed by atoms with Crippen LogP contribution in [0, 0.1) is 16.7 Å². The van der Waals surface area contributed by atoms with E-state index in [9.17, 15) is 14.4 Å². The molecule has 7 nitrogen and oxygen atoms in total. The molecule has 0 spiro atoms. The van der Waals surface area contributed by atoms with E-state index in [1.165, 1.54) is 12.7 Å². The van der Waals surface area contributed by atoms with Crippen molar-refractivity contribution in [1.82, 2.24) is 10.2 Å². The number of hydrogen-bond donors (Lipinski definition) is 1. The Bertz CT molecular complexity index is 1550. The molecule has 1 saturated heterocycles. The molecule has 1 N–H and O–H groups in total. The number of nitrogens with zero attached hydrogens (tertiary/aromatic N) is 1. The Labute approximate surface area is 267 Å². The largest absolute Gasteiger partial charge is 0.468 e. The van der Waals surface area contributed by atoms with Gasteiger partial charge in [-0.1, -0.05) is 93.6 Å². The summed E-state index contributed by atoms with van der Waals surface area (Å²) in [7, 11) is 1.37. The highest BCUT2D eigenvalue weighted by atomic mass is 16.5. The van der Waals surface area contributed by atoms with Gasteiger partial charge in [-0.05, 0) is 66.0 Å². The van der Waals surface area contributed by atoms with Crippen molar-refractivity contribution < 1.29 is 23.9 Å². The highest BCUT2D eigenvalue weighted by Gasteiger charge is 2.60. The number of rotatable bonds is 10. The van der Waals surface area contributed by atoms with Crippen LogP contribution in [0.2, 0.25) is 0 Å². The van der Waals surface area contributed by atoms with Crippen LogP contribution in [0.25, 0.3) is 10.8 Å². The van der Waals surface area contributed by atoms with Crippen LogP contribution in [0.1, 0.15) is 64.5 Å². The van der Waals surface area contributed by atoms with Gasteiger partial charge in [0.05, 0.1) is 25.9 Å². The smallest absolute Gasteiger partial charge is 0.320 e. The van der Waals surface area contributed by atoms with Gasteiger partial charge < -0.3 is 19.7 Å². The molecule has 0 saturated carbocycles. The zero-order valence-electron chi connectivity index (χ0n) is 27.2. The first kappa shape index (κ1) is 32.4. The number of aryl methyl sites for hydroxylation is 1. The molecule has 2 amide bonds. The van der Waals surface area contributed by atoms with Crippen molar-refractivity contribution >= 4 is 28.6 Å². The van der Waals surface area contributed by atoms with Gasteiger partial charge in [-0.3, -0.25) is 14.4 Å². The second kappa shape index (κ2) is 13.6. The predicted octanol–water partition coefficient (Wildman–Crippen LogP) is 6.59. The summed E-state index contributed by atoms with van der Waals surface area (Å²) in [5.74, 6) is -1.51. The lowest BCUT2D eigenvalue weighted by Gasteiger charge is -2.53. The third-order valence-corrected chi connectivity index (χ3v) is 9.39. The number of likely N-dealkylation sites (tertiary alicyclic amines) is 1. The maximum atomic E-state index is 14.4. The first-order chi connectivity index (χ1) is 21.5. The first-order valence-electron chi connectivity index (χ1n) is 16.1. The fraction of sp³-hybridized carbons (Fsp3) is 0.447. The number of carbonyl (C=O) groups is 3. The number of amides is 2. The van der Waals surface area contributed by atoms with E-state index in [0.717, 1.165) is 35.6 Å². The summed E-state index contributed by atoms with van der Waals surface area (Å²) in [4.78, 5) is 43.2. The average molecular weight is 611 g/mol. The Morgan fingerprint density at radius 3 is 2.44 bits per heavy atom. The molecule has 0 aromatic heterocycles. The molecular formula is C38H46N2O5. The molecule has 5 rings (SSSR count). The van der Waals surface area contributed by atoms with Crippen molar-refractivity contribution in [3.05, 3.63) is 95.7 Å². The predicted molar refractivity (Wildman–Crippen MR) is 176 cm³/mol. The molecule has 7 heteroatoms. The van der Waals surface area contributed by atoms with E-state index >= 15 is 0 Å². The van der Waals surface area contributed by atoms with Crippen molar-refractivity contribution in [3.63, 3.8) is 0 Å². The van der Waals surface area contributed by atoms with E-state index < -0.39 is 23.4 Å². The zero-order chi connectivity index (χ0) is 32.2. The lowest BCUT2D eigenvalue weighted by atomic mass is 9.65. The van der Waals surface area contributed by atoms with Crippen molar-refractivity contribution in [2.45, 2.75) is 78.6 Å². The molecule has 0 aliphatic carbocycles. The summed E-state index contributed by atoms with van der Waals surface area (Å²) in [6, 6.07) is 24.4. The number of unbranched alkanes of at least 4 members (excludes halogenated alkanes) is 1. The number of nitrogens with one attached hydrogen (secondary N) is 1. The molecule has 4 atom stereocenters. The molecule has 238 valence electrons. The number of carbonyl (C=O) groups excluding carboxylic acids is 3. The number of piperidine rings is 1. The van der Waals surface area contributed by atoms with Crippen LogP contribution in [0.15, 0.2) is 84.6 Å². The van der Waals surface area contributed by atoms with Crippen molar-refractivity contribution in [3.8, 4) is 0 Å². The van der Waals surface area contributed by atoms with Gasteiger partial charge in [0.2, 0.25) is 11.8 Å². The van der Waals surface area contributed by atoms with E-state index in [4.69, 9.17) is 9.47 Å². The number of ether oxygens (including phenoxy) is 2. The van der Waals surface area contributed by atoms with Crippen LogP contribution in [-0.2, 0) is 36.8 Å². The Balaban J connectivity index is 1.43. The van der Waals surface area contributed by atoms with Crippen LogP contribution in [0.5, 0.6) is 0 Å². The second-order valence-corrected chi connectivity index (χ2v) is 13.5. The van der Waals surface area contributed by atoms with Gasteiger partial charge in [0.25, 0.3) is 0 Å². The number of esters is 1. The first-order valence-corrected chi connectivity index (χ1v) is 16.1. The Hall–Kier alpha value is -3.97. The van der Waals surface area contributed by atoms with Crippen LogP contribution in [0.3, 0.4) is 0 Å². The summed E-state index contributed by atoms with van der Waals surface area (Å²) >= 11 is 0. The monoisotopic (exact) mass is 610 g/mol. The van der Waals surface area contributed by atoms with Gasteiger partial charge >= 0.3 is 5.97 Å². The lowest BCUT2D eigenvalue weighted by molar-refractivity contribution is -0.180. The Morgan fingerprint density at radius 2 is 1.71 bits per heavy atom. The van der Waals surface area contributed by atoms with E-state index in [0.29, 0.717) is 12.2 Å². The second-order valence-electron chi connectivity index (χ2n) is 13.5. The maximum absolute atomic E-state index is 14.4. The molecule has 0 radical (unpaired) electrons. The average Bonchev–Trinajstić information content (AvgIpc) is 3.03. The van der Waals surface area contributed by atoms with Gasteiger partial charge in [-0.2, -0.15) is 0 Å². The van der Waals surface area contributed by atoms with E-state index in [1.54, 1.807) is 4.90 Å². The number of hydrogen-bond acceptors (Lipinski definition) is 5. The SMILES string of the molecule is COC(=O)[C@]12C[C@H](CC(=O)NCCCCc3ccccc3)C(=O)N(Cc3cccc4ccccc34)C1=C[C@H](C(C)(C)C)O[C@@H]2C. The summed E-state index contributed by atoms with van der Waals surface area (Å²) in [6.07, 6.45) is 3.94. The quantitative estimate of drug-likeness (QED) is 0.207. The molecule has 2 heterocycles. The van der Waals surface area contributed by atoms with Crippen LogP contribution in [-0.4, -0.2) is 48.5 Å².